The van der Waals surface area contributed by atoms with Crippen LogP contribution in [0.25, 0.3) is 0 Å². The number of rotatable bonds is 5. The number of nitro benzene ring substituents is 1. The summed E-state index contributed by atoms with van der Waals surface area (Å²) in [6.45, 7) is 7.24. The van der Waals surface area contributed by atoms with Crippen LogP contribution in [0.1, 0.15) is 49.7 Å². The van der Waals surface area contributed by atoms with Crippen LogP contribution in [0.3, 0.4) is 0 Å². The van der Waals surface area contributed by atoms with E-state index in [2.05, 4.69) is 5.32 Å². The Morgan fingerprint density at radius 3 is 2.36 bits per heavy atom. The van der Waals surface area contributed by atoms with Crippen LogP contribution in [-0.4, -0.2) is 28.7 Å². The smallest absolute Gasteiger partial charge is 0.269 e. The number of benzene rings is 2. The number of hydrogen-bond donors (Lipinski definition) is 1. The molecule has 0 spiro atoms. The number of non-ortho nitro benzene ring substituents is 1. The molecule has 7 nitrogen and oxygen atoms in total. The summed E-state index contributed by atoms with van der Waals surface area (Å²) in [7, 11) is 1.65. The van der Waals surface area contributed by atoms with E-state index in [1.165, 1.54) is 17.0 Å². The molecule has 0 saturated carbocycles. The molecule has 0 heterocycles. The summed E-state index contributed by atoms with van der Waals surface area (Å²) in [6.07, 6.45) is 0. The first-order valence-corrected chi connectivity index (χ1v) is 8.93. The zero-order chi connectivity index (χ0) is 21.1. The largest absolute Gasteiger partial charge is 0.335 e. The first-order chi connectivity index (χ1) is 13.0. The molecule has 1 N–H and O–H groups in total. The van der Waals surface area contributed by atoms with Gasteiger partial charge in [-0.15, -0.1) is 0 Å². The predicted octanol–water partition coefficient (Wildman–Crippen LogP) is 4.41. The van der Waals surface area contributed by atoms with Crippen LogP contribution in [-0.2, 0) is 4.79 Å². The number of nitro groups is 1. The highest BCUT2D eigenvalue weighted by atomic mass is 16.6. The number of nitrogens with zero attached hydrogens (tertiary/aromatic N) is 2. The van der Waals surface area contributed by atoms with Crippen molar-refractivity contribution in [3.8, 4) is 0 Å². The van der Waals surface area contributed by atoms with Crippen molar-refractivity contribution in [3.05, 3.63) is 69.8 Å². The molecule has 0 saturated heterocycles. The van der Waals surface area contributed by atoms with E-state index in [0.29, 0.717) is 16.8 Å². The second-order valence-corrected chi connectivity index (χ2v) is 7.73. The van der Waals surface area contributed by atoms with E-state index in [0.717, 1.165) is 0 Å². The van der Waals surface area contributed by atoms with Gasteiger partial charge in [-0.1, -0.05) is 39.0 Å². The molecule has 0 aromatic heterocycles. The molecule has 1 atom stereocenters. The number of anilines is 1. The van der Waals surface area contributed by atoms with Crippen LogP contribution in [0.5, 0.6) is 0 Å². The summed E-state index contributed by atoms with van der Waals surface area (Å²) < 4.78 is 0. The number of amides is 2. The Morgan fingerprint density at radius 1 is 1.11 bits per heavy atom. The number of hydrogen-bond acceptors (Lipinski definition) is 4. The van der Waals surface area contributed by atoms with Gasteiger partial charge in [-0.05, 0) is 30.7 Å². The summed E-state index contributed by atoms with van der Waals surface area (Å²) in [4.78, 5) is 37.1. The number of carbonyl (C=O) groups excluding carboxylic acids is 2. The average molecular weight is 383 g/mol. The lowest BCUT2D eigenvalue weighted by atomic mass is 9.95. The van der Waals surface area contributed by atoms with Gasteiger partial charge in [0, 0.05) is 35.8 Å². The lowest BCUT2D eigenvalue weighted by molar-refractivity contribution is -0.384. The van der Waals surface area contributed by atoms with E-state index < -0.39 is 10.3 Å². The Morgan fingerprint density at radius 2 is 1.75 bits per heavy atom. The van der Waals surface area contributed by atoms with Gasteiger partial charge in [-0.3, -0.25) is 19.7 Å². The minimum absolute atomic E-state index is 0.0166. The maximum atomic E-state index is 12.9. The molecule has 1 unspecified atom stereocenters. The molecule has 0 radical (unpaired) electrons. The lowest BCUT2D eigenvalue weighted by Gasteiger charge is -2.25. The van der Waals surface area contributed by atoms with E-state index in [1.54, 1.807) is 43.4 Å². The Kier molecular flexibility index (Phi) is 6.18. The van der Waals surface area contributed by atoms with Crippen LogP contribution in [0.4, 0.5) is 11.4 Å². The van der Waals surface area contributed by atoms with Crippen LogP contribution < -0.4 is 5.32 Å². The van der Waals surface area contributed by atoms with Gasteiger partial charge < -0.3 is 10.2 Å². The second kappa shape index (κ2) is 8.21. The molecule has 28 heavy (non-hydrogen) atoms. The summed E-state index contributed by atoms with van der Waals surface area (Å²) in [5, 5.41) is 13.8. The molecule has 2 amide bonds. The lowest BCUT2D eigenvalue weighted by Crippen LogP contribution is -2.30. The fourth-order valence-electron chi connectivity index (χ4n) is 2.55. The zero-order valence-electron chi connectivity index (χ0n) is 16.7. The van der Waals surface area contributed by atoms with Crippen LogP contribution in [0, 0.1) is 15.5 Å². The molecule has 0 aliphatic carbocycles. The third-order valence-corrected chi connectivity index (χ3v) is 4.51. The first kappa shape index (κ1) is 21.1. The van der Waals surface area contributed by atoms with E-state index in [4.69, 9.17) is 0 Å². The molecule has 0 aliphatic heterocycles. The summed E-state index contributed by atoms with van der Waals surface area (Å²) >= 11 is 0. The van der Waals surface area contributed by atoms with Gasteiger partial charge in [0.05, 0.1) is 11.0 Å². The van der Waals surface area contributed by atoms with Crippen LogP contribution >= 0.6 is 0 Å². The SMILES string of the molecule is CC(c1cccc([N+](=O)[O-])c1)N(C)C(=O)c1cccc(NC(=O)C(C)(C)C)c1. The quantitative estimate of drug-likeness (QED) is 0.611. The van der Waals surface area contributed by atoms with Gasteiger partial charge in [-0.2, -0.15) is 0 Å². The standard InChI is InChI=1S/C21H25N3O4/c1-14(15-8-7-11-18(13-15)24(27)28)23(5)19(25)16-9-6-10-17(12-16)22-20(26)21(2,3)4/h6-14H,1-5H3,(H,22,26). The molecule has 2 aromatic carbocycles. The van der Waals surface area contributed by atoms with Crippen LogP contribution in [0.15, 0.2) is 48.5 Å². The van der Waals surface area contributed by atoms with Crippen molar-refractivity contribution in [2.45, 2.75) is 33.7 Å². The van der Waals surface area contributed by atoms with Gasteiger partial charge in [-0.25, -0.2) is 0 Å². The molecule has 0 bridgehead atoms. The second-order valence-electron chi connectivity index (χ2n) is 7.73. The normalized spacial score (nSPS) is 12.2. The average Bonchev–Trinajstić information content (AvgIpc) is 2.65. The minimum Gasteiger partial charge on any atom is -0.335 e. The third-order valence-electron chi connectivity index (χ3n) is 4.51. The van der Waals surface area contributed by atoms with Gasteiger partial charge in [0.2, 0.25) is 5.91 Å². The maximum Gasteiger partial charge on any atom is 0.269 e. The van der Waals surface area contributed by atoms with Crippen molar-refractivity contribution in [3.63, 3.8) is 0 Å². The van der Waals surface area contributed by atoms with E-state index in [1.807, 2.05) is 27.7 Å². The molecular weight excluding hydrogens is 358 g/mol. The van der Waals surface area contributed by atoms with Crippen molar-refractivity contribution < 1.29 is 14.5 Å². The number of nitrogens with one attached hydrogen (secondary N) is 1. The molecular formula is C21H25N3O4. The molecule has 0 aliphatic rings. The van der Waals surface area contributed by atoms with Gasteiger partial charge in [0.15, 0.2) is 0 Å². The molecule has 2 aromatic rings. The minimum atomic E-state index is -0.548. The van der Waals surface area contributed by atoms with E-state index in [9.17, 15) is 19.7 Å². The van der Waals surface area contributed by atoms with E-state index >= 15 is 0 Å². The van der Waals surface area contributed by atoms with Crippen molar-refractivity contribution in [1.82, 2.24) is 4.90 Å². The zero-order valence-corrected chi connectivity index (χ0v) is 16.7. The monoisotopic (exact) mass is 383 g/mol. The van der Waals surface area contributed by atoms with Gasteiger partial charge >= 0.3 is 0 Å². The molecule has 7 heteroatoms. The van der Waals surface area contributed by atoms with Crippen molar-refractivity contribution >= 4 is 23.2 Å². The Bertz CT molecular complexity index is 903. The fourth-order valence-corrected chi connectivity index (χ4v) is 2.55. The molecule has 2 rings (SSSR count). The van der Waals surface area contributed by atoms with Gasteiger partial charge in [0.25, 0.3) is 11.6 Å². The van der Waals surface area contributed by atoms with E-state index in [-0.39, 0.29) is 23.5 Å². The maximum absolute atomic E-state index is 12.9. The fraction of sp³-hybridized carbons (Fsp3) is 0.333. The third kappa shape index (κ3) is 4.94. The van der Waals surface area contributed by atoms with Gasteiger partial charge in [0.1, 0.15) is 0 Å². The highest BCUT2D eigenvalue weighted by Gasteiger charge is 2.23. The highest BCUT2D eigenvalue weighted by molar-refractivity contribution is 5.98. The molecule has 148 valence electrons. The Labute approximate surface area is 164 Å². The summed E-state index contributed by atoms with van der Waals surface area (Å²) in [5.74, 6) is -0.388. The first-order valence-electron chi connectivity index (χ1n) is 8.93. The van der Waals surface area contributed by atoms with Crippen LogP contribution in [0.2, 0.25) is 0 Å². The topological polar surface area (TPSA) is 92.6 Å². The summed E-state index contributed by atoms with van der Waals surface area (Å²) in [6, 6.07) is 12.6. The van der Waals surface area contributed by atoms with Crippen molar-refractivity contribution in [1.29, 1.82) is 0 Å². The number of carbonyl (C=O) groups is 2. The highest BCUT2D eigenvalue weighted by Crippen LogP contribution is 2.25. The Hall–Kier alpha value is -3.22. The predicted molar refractivity (Wildman–Crippen MR) is 108 cm³/mol. The molecule has 0 fully saturated rings. The summed E-state index contributed by atoms with van der Waals surface area (Å²) in [5.41, 5.74) is 1.07. The van der Waals surface area contributed by atoms with Crippen molar-refractivity contribution in [2.24, 2.45) is 5.41 Å². The Balaban J connectivity index is 2.21. The van der Waals surface area contributed by atoms with Crippen molar-refractivity contribution in [2.75, 3.05) is 12.4 Å².